The minimum atomic E-state index is -0.395. The zero-order valence-corrected chi connectivity index (χ0v) is 17.4. The van der Waals surface area contributed by atoms with Crippen LogP contribution in [0.5, 0.6) is 5.75 Å². The number of rotatable bonds is 8. The van der Waals surface area contributed by atoms with Crippen molar-refractivity contribution >= 4 is 23.3 Å². The molecule has 3 rings (SSSR count). The number of hydrogen-bond donors (Lipinski definition) is 2. The van der Waals surface area contributed by atoms with Crippen LogP contribution in [0.25, 0.3) is 0 Å². The van der Waals surface area contributed by atoms with Gasteiger partial charge in [-0.3, -0.25) is 14.4 Å². The Kier molecular flexibility index (Phi) is 7.17. The molecule has 0 aliphatic rings. The minimum Gasteiger partial charge on any atom is -0.483 e. The molecular weight excluding hydrogens is 392 g/mol. The second kappa shape index (κ2) is 10.2. The first-order valence-corrected chi connectivity index (χ1v) is 9.92. The smallest absolute Gasteiger partial charge is 0.262 e. The lowest BCUT2D eigenvalue weighted by atomic mass is 10.1. The molecule has 0 unspecified atom stereocenters. The number of carbonyl (C=O) groups is 3. The Morgan fingerprint density at radius 1 is 0.903 bits per heavy atom. The molecule has 0 heterocycles. The lowest BCUT2D eigenvalue weighted by molar-refractivity contribution is -0.118. The molecule has 0 fully saturated rings. The second-order valence-corrected chi connectivity index (χ2v) is 7.08. The van der Waals surface area contributed by atoms with Gasteiger partial charge in [-0.2, -0.15) is 0 Å². The van der Waals surface area contributed by atoms with Crippen LogP contribution in [-0.4, -0.2) is 24.2 Å². The summed E-state index contributed by atoms with van der Waals surface area (Å²) in [5.74, 6) is -0.458. The third-order valence-corrected chi connectivity index (χ3v) is 4.69. The molecule has 0 aliphatic carbocycles. The normalized spacial score (nSPS) is 11.3. The summed E-state index contributed by atoms with van der Waals surface area (Å²) in [7, 11) is 0. The van der Waals surface area contributed by atoms with E-state index >= 15 is 0 Å². The van der Waals surface area contributed by atoms with E-state index < -0.39 is 5.91 Å². The summed E-state index contributed by atoms with van der Waals surface area (Å²) in [6.07, 6.45) is 0. The monoisotopic (exact) mass is 416 g/mol. The van der Waals surface area contributed by atoms with Crippen molar-refractivity contribution in [3.63, 3.8) is 0 Å². The first-order valence-electron chi connectivity index (χ1n) is 9.92. The van der Waals surface area contributed by atoms with Crippen LogP contribution in [0.2, 0.25) is 0 Å². The Morgan fingerprint density at radius 2 is 1.61 bits per heavy atom. The summed E-state index contributed by atoms with van der Waals surface area (Å²) >= 11 is 0. The van der Waals surface area contributed by atoms with Crippen molar-refractivity contribution in [2.75, 3.05) is 11.9 Å². The fraction of sp³-hybridized carbons (Fsp3) is 0.160. The predicted octanol–water partition coefficient (Wildman–Crippen LogP) is 4.40. The quantitative estimate of drug-likeness (QED) is 0.533. The van der Waals surface area contributed by atoms with E-state index in [2.05, 4.69) is 10.6 Å². The third kappa shape index (κ3) is 6.02. The van der Waals surface area contributed by atoms with Crippen LogP contribution in [0.15, 0.2) is 78.9 Å². The maximum atomic E-state index is 12.8. The van der Waals surface area contributed by atoms with Gasteiger partial charge in [0.2, 0.25) is 0 Å². The Hall–Kier alpha value is -3.93. The van der Waals surface area contributed by atoms with E-state index in [0.29, 0.717) is 22.6 Å². The first-order chi connectivity index (χ1) is 14.9. The molecule has 1 atom stereocenters. The Bertz CT molecular complexity index is 1080. The van der Waals surface area contributed by atoms with Crippen LogP contribution in [0, 0.1) is 0 Å². The van der Waals surface area contributed by atoms with Gasteiger partial charge >= 0.3 is 0 Å². The van der Waals surface area contributed by atoms with Gasteiger partial charge in [0, 0.05) is 11.3 Å². The molecule has 0 spiro atoms. The summed E-state index contributed by atoms with van der Waals surface area (Å²) in [5, 5.41) is 5.64. The number of ether oxygens (including phenoxy) is 1. The van der Waals surface area contributed by atoms with Crippen molar-refractivity contribution in [1.82, 2.24) is 5.32 Å². The predicted molar refractivity (Wildman–Crippen MR) is 119 cm³/mol. The number of Topliss-reactive ketones (excluding diaryl/α,β-unsaturated/α-hetero) is 1. The van der Waals surface area contributed by atoms with Gasteiger partial charge < -0.3 is 15.4 Å². The zero-order chi connectivity index (χ0) is 22.2. The SMILES string of the molecule is CC(=O)c1cccc(NC(=O)COc2ccccc2C(=O)N[C@H](C)c2ccccc2)c1. The number of anilines is 1. The van der Waals surface area contributed by atoms with Gasteiger partial charge in [-0.1, -0.05) is 54.6 Å². The molecule has 3 aromatic carbocycles. The van der Waals surface area contributed by atoms with Gasteiger partial charge in [-0.25, -0.2) is 0 Å². The highest BCUT2D eigenvalue weighted by Gasteiger charge is 2.16. The van der Waals surface area contributed by atoms with E-state index in [1.165, 1.54) is 6.92 Å². The zero-order valence-electron chi connectivity index (χ0n) is 17.4. The topological polar surface area (TPSA) is 84.5 Å². The van der Waals surface area contributed by atoms with E-state index in [4.69, 9.17) is 4.74 Å². The summed E-state index contributed by atoms with van der Waals surface area (Å²) in [5.41, 5.74) is 2.34. The summed E-state index contributed by atoms with van der Waals surface area (Å²) in [6, 6.07) is 22.9. The van der Waals surface area contributed by atoms with Crippen LogP contribution in [0.4, 0.5) is 5.69 Å². The maximum absolute atomic E-state index is 12.8. The summed E-state index contributed by atoms with van der Waals surface area (Å²) in [4.78, 5) is 36.5. The van der Waals surface area contributed by atoms with Crippen molar-refractivity contribution in [2.45, 2.75) is 19.9 Å². The number of carbonyl (C=O) groups excluding carboxylic acids is 3. The van der Waals surface area contributed by atoms with Crippen molar-refractivity contribution in [1.29, 1.82) is 0 Å². The highest BCUT2D eigenvalue weighted by molar-refractivity contribution is 5.98. The van der Waals surface area contributed by atoms with Crippen LogP contribution in [0.3, 0.4) is 0 Å². The third-order valence-electron chi connectivity index (χ3n) is 4.69. The van der Waals surface area contributed by atoms with Crippen molar-refractivity contribution in [2.24, 2.45) is 0 Å². The van der Waals surface area contributed by atoms with E-state index in [9.17, 15) is 14.4 Å². The number of amides is 2. The Morgan fingerprint density at radius 3 is 2.35 bits per heavy atom. The number of hydrogen-bond acceptors (Lipinski definition) is 4. The molecule has 0 radical (unpaired) electrons. The van der Waals surface area contributed by atoms with Crippen molar-refractivity contribution < 1.29 is 19.1 Å². The highest BCUT2D eigenvalue weighted by atomic mass is 16.5. The fourth-order valence-corrected chi connectivity index (χ4v) is 3.04. The van der Waals surface area contributed by atoms with Crippen molar-refractivity contribution in [3.05, 3.63) is 95.6 Å². The molecule has 2 N–H and O–H groups in total. The average Bonchev–Trinajstić information content (AvgIpc) is 2.78. The minimum absolute atomic E-state index is 0.0861. The Balaban J connectivity index is 1.62. The van der Waals surface area contributed by atoms with E-state index in [-0.39, 0.29) is 24.3 Å². The first kappa shape index (κ1) is 21.8. The molecule has 31 heavy (non-hydrogen) atoms. The fourth-order valence-electron chi connectivity index (χ4n) is 3.04. The molecule has 0 aromatic heterocycles. The van der Waals surface area contributed by atoms with E-state index in [1.54, 1.807) is 48.5 Å². The van der Waals surface area contributed by atoms with Crippen LogP contribution >= 0.6 is 0 Å². The molecule has 0 saturated carbocycles. The van der Waals surface area contributed by atoms with Gasteiger partial charge in [-0.15, -0.1) is 0 Å². The van der Waals surface area contributed by atoms with Gasteiger partial charge in [-0.05, 0) is 43.7 Å². The molecule has 0 saturated heterocycles. The molecule has 0 aliphatic heterocycles. The summed E-state index contributed by atoms with van der Waals surface area (Å²) in [6.45, 7) is 3.09. The number of para-hydroxylation sites is 1. The average molecular weight is 416 g/mol. The molecule has 6 nitrogen and oxygen atoms in total. The van der Waals surface area contributed by atoms with Gasteiger partial charge in [0.05, 0.1) is 11.6 Å². The molecule has 0 bridgehead atoms. The van der Waals surface area contributed by atoms with Crippen LogP contribution in [0.1, 0.15) is 46.2 Å². The lowest BCUT2D eigenvalue weighted by Crippen LogP contribution is -2.27. The lowest BCUT2D eigenvalue weighted by Gasteiger charge is -2.16. The highest BCUT2D eigenvalue weighted by Crippen LogP contribution is 2.20. The maximum Gasteiger partial charge on any atom is 0.262 e. The Labute approximate surface area is 181 Å². The molecule has 3 aromatic rings. The van der Waals surface area contributed by atoms with Crippen LogP contribution < -0.4 is 15.4 Å². The van der Waals surface area contributed by atoms with Crippen molar-refractivity contribution in [3.8, 4) is 5.75 Å². The van der Waals surface area contributed by atoms with Gasteiger partial charge in [0.25, 0.3) is 11.8 Å². The molecule has 2 amide bonds. The van der Waals surface area contributed by atoms with E-state index in [0.717, 1.165) is 5.56 Å². The molecule has 6 heteroatoms. The second-order valence-electron chi connectivity index (χ2n) is 7.08. The number of ketones is 1. The number of benzene rings is 3. The molecular formula is C25H24N2O4. The van der Waals surface area contributed by atoms with Crippen LogP contribution in [-0.2, 0) is 4.79 Å². The standard InChI is InChI=1S/C25H24N2O4/c1-17(19-9-4-3-5-10-19)26-25(30)22-13-6-7-14-23(22)31-16-24(29)27-21-12-8-11-20(15-21)18(2)28/h3-15,17H,16H2,1-2H3,(H,26,30)(H,27,29)/t17-/m1/s1. The summed E-state index contributed by atoms with van der Waals surface area (Å²) < 4.78 is 5.62. The van der Waals surface area contributed by atoms with Gasteiger partial charge in [0.1, 0.15) is 5.75 Å². The molecule has 158 valence electrons. The van der Waals surface area contributed by atoms with E-state index in [1.807, 2.05) is 37.3 Å². The number of nitrogens with one attached hydrogen (secondary N) is 2. The largest absolute Gasteiger partial charge is 0.483 e. The van der Waals surface area contributed by atoms with Gasteiger partial charge in [0.15, 0.2) is 12.4 Å².